The van der Waals surface area contributed by atoms with Gasteiger partial charge in [-0.3, -0.25) is 4.79 Å². The highest BCUT2D eigenvalue weighted by molar-refractivity contribution is 9.10. The maximum absolute atomic E-state index is 13.4. The lowest BCUT2D eigenvalue weighted by Crippen LogP contribution is -2.30. The summed E-state index contributed by atoms with van der Waals surface area (Å²) in [6, 6.07) is 8.64. The van der Waals surface area contributed by atoms with Crippen molar-refractivity contribution in [3.63, 3.8) is 0 Å². The molecule has 0 aliphatic carbocycles. The fraction of sp³-hybridized carbons (Fsp3) is 0.143. The Balaban J connectivity index is 1.97. The number of carbonyl (C=O) groups is 2. The van der Waals surface area contributed by atoms with Crippen LogP contribution in [0.4, 0.5) is 10.1 Å². The van der Waals surface area contributed by atoms with Crippen LogP contribution in [0.3, 0.4) is 0 Å². The van der Waals surface area contributed by atoms with Crippen molar-refractivity contribution in [1.82, 2.24) is 0 Å². The van der Waals surface area contributed by atoms with Crippen molar-refractivity contribution >= 4 is 33.5 Å². The molecule has 5 nitrogen and oxygen atoms in total. The zero-order chi connectivity index (χ0) is 15.4. The van der Waals surface area contributed by atoms with Gasteiger partial charge < -0.3 is 14.5 Å². The lowest BCUT2D eigenvalue weighted by Gasteiger charge is -2.13. The Morgan fingerprint density at radius 1 is 1.29 bits per heavy atom. The number of carbonyl (C=O) groups excluding carboxylic acids is 2. The van der Waals surface area contributed by atoms with Crippen LogP contribution in [0.1, 0.15) is 17.5 Å². The van der Waals surface area contributed by atoms with Crippen molar-refractivity contribution in [3.05, 3.63) is 52.6 Å². The van der Waals surface area contributed by atoms with E-state index < -0.39 is 23.8 Å². The van der Waals surface area contributed by atoms with E-state index >= 15 is 0 Å². The van der Waals surface area contributed by atoms with Gasteiger partial charge in [-0.15, -0.1) is 0 Å². The molecule has 110 valence electrons. The highest BCUT2D eigenvalue weighted by Crippen LogP contribution is 2.16. The molecule has 7 heteroatoms. The van der Waals surface area contributed by atoms with Crippen LogP contribution in [-0.4, -0.2) is 18.0 Å². The summed E-state index contributed by atoms with van der Waals surface area (Å²) in [7, 11) is 0. The molecule has 0 saturated carbocycles. The monoisotopic (exact) mass is 355 g/mol. The highest BCUT2D eigenvalue weighted by atomic mass is 79.9. The van der Waals surface area contributed by atoms with Crippen LogP contribution in [0.5, 0.6) is 0 Å². The number of para-hydroxylation sites is 1. The summed E-state index contributed by atoms with van der Waals surface area (Å²) < 4.78 is 23.7. The number of benzene rings is 1. The van der Waals surface area contributed by atoms with Crippen molar-refractivity contribution in [2.24, 2.45) is 0 Å². The minimum absolute atomic E-state index is 0.0196. The molecule has 0 saturated heterocycles. The van der Waals surface area contributed by atoms with Gasteiger partial charge in [-0.05, 0) is 47.1 Å². The van der Waals surface area contributed by atoms with Crippen LogP contribution in [0.15, 0.2) is 45.5 Å². The number of ether oxygens (including phenoxy) is 1. The minimum Gasteiger partial charge on any atom is -0.447 e. The van der Waals surface area contributed by atoms with Gasteiger partial charge in [-0.1, -0.05) is 12.1 Å². The predicted octanol–water partition coefficient (Wildman–Crippen LogP) is 3.37. The fourth-order valence-corrected chi connectivity index (χ4v) is 1.80. The van der Waals surface area contributed by atoms with E-state index in [1.54, 1.807) is 6.07 Å². The summed E-state index contributed by atoms with van der Waals surface area (Å²) >= 11 is 3.05. The summed E-state index contributed by atoms with van der Waals surface area (Å²) in [5.41, 5.74) is 0.0196. The Labute approximate surface area is 128 Å². The second kappa shape index (κ2) is 6.53. The predicted molar refractivity (Wildman–Crippen MR) is 76.3 cm³/mol. The van der Waals surface area contributed by atoms with Crippen LogP contribution in [-0.2, 0) is 9.53 Å². The molecule has 0 aliphatic rings. The van der Waals surface area contributed by atoms with Gasteiger partial charge in [0.1, 0.15) is 5.82 Å². The Hall–Kier alpha value is -2.15. The van der Waals surface area contributed by atoms with E-state index in [9.17, 15) is 14.0 Å². The molecule has 2 aromatic rings. The second-order valence-electron chi connectivity index (χ2n) is 4.12. The molecule has 1 aromatic heterocycles. The van der Waals surface area contributed by atoms with E-state index in [2.05, 4.69) is 21.2 Å². The molecule has 0 bridgehead atoms. The summed E-state index contributed by atoms with van der Waals surface area (Å²) in [6.45, 7) is 1.38. The molecule has 0 fully saturated rings. The molecule has 2 rings (SSSR count). The number of anilines is 1. The van der Waals surface area contributed by atoms with E-state index in [1.165, 1.54) is 37.3 Å². The van der Waals surface area contributed by atoms with E-state index in [-0.39, 0.29) is 11.4 Å². The standard InChI is InChI=1S/C14H11BrFNO4/c1-8(20-14(19)11-6-7-12(15)21-11)13(18)17-10-5-3-2-4-9(10)16/h2-8H,1H3,(H,17,18)/t8-/m0/s1. The third-order valence-electron chi connectivity index (χ3n) is 2.56. The van der Waals surface area contributed by atoms with E-state index in [4.69, 9.17) is 9.15 Å². The van der Waals surface area contributed by atoms with E-state index in [0.717, 1.165) is 0 Å². The van der Waals surface area contributed by atoms with Gasteiger partial charge in [0.2, 0.25) is 5.76 Å². The lowest BCUT2D eigenvalue weighted by atomic mass is 10.3. The first-order chi connectivity index (χ1) is 9.97. The quantitative estimate of drug-likeness (QED) is 0.853. The maximum atomic E-state index is 13.4. The van der Waals surface area contributed by atoms with Crippen LogP contribution in [0.2, 0.25) is 0 Å². The minimum atomic E-state index is -1.10. The normalized spacial score (nSPS) is 11.8. The molecule has 0 radical (unpaired) electrons. The summed E-state index contributed by atoms with van der Waals surface area (Å²) in [6.07, 6.45) is -1.10. The third-order valence-corrected chi connectivity index (χ3v) is 2.99. The van der Waals surface area contributed by atoms with Gasteiger partial charge in [-0.2, -0.15) is 0 Å². The first-order valence-corrected chi connectivity index (χ1v) is 6.78. The maximum Gasteiger partial charge on any atom is 0.375 e. The van der Waals surface area contributed by atoms with Crippen molar-refractivity contribution in [3.8, 4) is 0 Å². The SMILES string of the molecule is C[C@H](OC(=O)c1ccc(Br)o1)C(=O)Nc1ccccc1F. The Morgan fingerprint density at radius 3 is 2.62 bits per heavy atom. The van der Waals surface area contributed by atoms with Gasteiger partial charge in [0, 0.05) is 0 Å². The molecule has 1 heterocycles. The molecular formula is C14H11BrFNO4. The van der Waals surface area contributed by atoms with Crippen LogP contribution >= 0.6 is 15.9 Å². The fourth-order valence-electron chi connectivity index (χ4n) is 1.49. The van der Waals surface area contributed by atoms with Gasteiger partial charge in [-0.25, -0.2) is 9.18 Å². The largest absolute Gasteiger partial charge is 0.447 e. The number of halogens is 2. The average Bonchev–Trinajstić information content (AvgIpc) is 2.88. The summed E-state index contributed by atoms with van der Waals surface area (Å²) in [5, 5.41) is 2.34. The molecule has 1 atom stereocenters. The topological polar surface area (TPSA) is 68.5 Å². The highest BCUT2D eigenvalue weighted by Gasteiger charge is 2.21. The first kappa shape index (κ1) is 15.2. The Morgan fingerprint density at radius 2 is 2.00 bits per heavy atom. The first-order valence-electron chi connectivity index (χ1n) is 5.99. The molecule has 1 N–H and O–H groups in total. The third kappa shape index (κ3) is 3.91. The van der Waals surface area contributed by atoms with Crippen LogP contribution < -0.4 is 5.32 Å². The zero-order valence-corrected chi connectivity index (χ0v) is 12.5. The number of esters is 1. The summed E-state index contributed by atoms with van der Waals surface area (Å²) in [5.74, 6) is -2.03. The van der Waals surface area contributed by atoms with Crippen LogP contribution in [0, 0.1) is 5.82 Å². The Bertz CT molecular complexity index is 670. The lowest BCUT2D eigenvalue weighted by molar-refractivity contribution is -0.123. The molecule has 0 spiro atoms. The molecular weight excluding hydrogens is 345 g/mol. The molecule has 21 heavy (non-hydrogen) atoms. The number of hydrogen-bond donors (Lipinski definition) is 1. The van der Waals surface area contributed by atoms with Gasteiger partial charge >= 0.3 is 5.97 Å². The van der Waals surface area contributed by atoms with Crippen molar-refractivity contribution in [2.75, 3.05) is 5.32 Å². The number of nitrogens with one attached hydrogen (secondary N) is 1. The number of furan rings is 1. The van der Waals surface area contributed by atoms with Gasteiger partial charge in [0.25, 0.3) is 5.91 Å². The number of hydrogen-bond acceptors (Lipinski definition) is 4. The van der Waals surface area contributed by atoms with E-state index in [0.29, 0.717) is 4.67 Å². The molecule has 0 unspecified atom stereocenters. The second-order valence-corrected chi connectivity index (χ2v) is 4.90. The van der Waals surface area contributed by atoms with Crippen molar-refractivity contribution in [1.29, 1.82) is 0 Å². The van der Waals surface area contributed by atoms with Crippen molar-refractivity contribution in [2.45, 2.75) is 13.0 Å². The molecule has 1 amide bonds. The molecule has 0 aliphatic heterocycles. The van der Waals surface area contributed by atoms with Crippen molar-refractivity contribution < 1.29 is 23.1 Å². The summed E-state index contributed by atoms with van der Waals surface area (Å²) in [4.78, 5) is 23.5. The van der Waals surface area contributed by atoms with E-state index in [1.807, 2.05) is 0 Å². The number of rotatable bonds is 4. The Kier molecular flexibility index (Phi) is 4.74. The smallest absolute Gasteiger partial charge is 0.375 e. The molecule has 1 aromatic carbocycles. The van der Waals surface area contributed by atoms with Gasteiger partial charge in [0.15, 0.2) is 10.8 Å². The number of amides is 1. The van der Waals surface area contributed by atoms with Crippen LogP contribution in [0.25, 0.3) is 0 Å². The average molecular weight is 356 g/mol. The zero-order valence-electron chi connectivity index (χ0n) is 10.9. The van der Waals surface area contributed by atoms with Gasteiger partial charge in [0.05, 0.1) is 5.69 Å².